The van der Waals surface area contributed by atoms with Crippen LogP contribution >= 0.6 is 47.2 Å². The summed E-state index contributed by atoms with van der Waals surface area (Å²) in [5.74, 6) is 0.482. The van der Waals surface area contributed by atoms with Crippen LogP contribution < -0.4 is 11.1 Å². The summed E-state index contributed by atoms with van der Waals surface area (Å²) in [5, 5.41) is 4.31. The Bertz CT molecular complexity index is 593. The van der Waals surface area contributed by atoms with E-state index >= 15 is 0 Å². The van der Waals surface area contributed by atoms with E-state index in [-0.39, 0.29) is 29.4 Å². The summed E-state index contributed by atoms with van der Waals surface area (Å²) in [7, 11) is 0. The molecule has 3 N–H and O–H groups in total. The van der Waals surface area contributed by atoms with Crippen molar-refractivity contribution in [2.75, 3.05) is 45.9 Å². The Kier molecular flexibility index (Phi) is 10.5. The molecule has 1 aliphatic heterocycles. The molecule has 5 nitrogen and oxygen atoms in total. The van der Waals surface area contributed by atoms with Crippen molar-refractivity contribution in [3.8, 4) is 0 Å². The Morgan fingerprint density at radius 1 is 1.27 bits per heavy atom. The zero-order valence-electron chi connectivity index (χ0n) is 15.4. The molecule has 8 heteroatoms. The summed E-state index contributed by atoms with van der Waals surface area (Å²) >= 11 is 12.1. The number of hydrogen-bond donors (Lipinski definition) is 2. The van der Waals surface area contributed by atoms with E-state index in [0.29, 0.717) is 22.5 Å². The Hall–Kier alpha value is -0.280. The standard InChI is InChI=1S/C18H28Cl2N4O.HI/c1-18(2,14-4-5-15(19)16(20)12-14)13-23-17(21)22-6-3-7-24-8-10-25-11-9-24;/h4-5,12H,3,6-11,13H2,1-2H3,(H3,21,22,23);1H. The molecule has 1 aliphatic rings. The number of halogens is 3. The Labute approximate surface area is 183 Å². The largest absolute Gasteiger partial charge is 0.379 e. The van der Waals surface area contributed by atoms with Gasteiger partial charge in [0.05, 0.1) is 29.8 Å². The Morgan fingerprint density at radius 3 is 2.62 bits per heavy atom. The Balaban J connectivity index is 0.00000338. The number of nitrogens with zero attached hydrogens (tertiary/aromatic N) is 2. The van der Waals surface area contributed by atoms with Crippen molar-refractivity contribution >= 4 is 53.1 Å². The van der Waals surface area contributed by atoms with Crippen molar-refractivity contribution < 1.29 is 4.74 Å². The molecule has 0 atom stereocenters. The maximum absolute atomic E-state index is 6.11. The fourth-order valence-electron chi connectivity index (χ4n) is 2.69. The highest BCUT2D eigenvalue weighted by atomic mass is 127. The zero-order chi connectivity index (χ0) is 18.3. The maximum Gasteiger partial charge on any atom is 0.188 e. The van der Waals surface area contributed by atoms with E-state index in [2.05, 4.69) is 29.1 Å². The van der Waals surface area contributed by atoms with Crippen molar-refractivity contribution in [1.29, 1.82) is 0 Å². The molecule has 0 bridgehead atoms. The van der Waals surface area contributed by atoms with Gasteiger partial charge < -0.3 is 15.8 Å². The average molecular weight is 515 g/mol. The number of benzene rings is 1. The lowest BCUT2D eigenvalue weighted by Crippen LogP contribution is -2.39. The summed E-state index contributed by atoms with van der Waals surface area (Å²) in [5.41, 5.74) is 6.91. The van der Waals surface area contributed by atoms with Crippen molar-refractivity contribution in [1.82, 2.24) is 10.2 Å². The van der Waals surface area contributed by atoms with Gasteiger partial charge in [-0.1, -0.05) is 43.1 Å². The number of nitrogens with two attached hydrogens (primary N) is 1. The molecule has 0 aromatic heterocycles. The van der Waals surface area contributed by atoms with Crippen LogP contribution in [0.3, 0.4) is 0 Å². The third kappa shape index (κ3) is 7.76. The van der Waals surface area contributed by atoms with E-state index in [9.17, 15) is 0 Å². The number of nitrogens with one attached hydrogen (secondary N) is 1. The molecule has 1 fully saturated rings. The minimum atomic E-state index is -0.172. The molecular weight excluding hydrogens is 486 g/mol. The van der Waals surface area contributed by atoms with Gasteiger partial charge in [0.2, 0.25) is 0 Å². The lowest BCUT2D eigenvalue weighted by atomic mass is 9.85. The van der Waals surface area contributed by atoms with Crippen LogP contribution in [0.1, 0.15) is 25.8 Å². The minimum absolute atomic E-state index is 0. The van der Waals surface area contributed by atoms with Gasteiger partial charge in [0.25, 0.3) is 0 Å². The Morgan fingerprint density at radius 2 is 1.96 bits per heavy atom. The smallest absolute Gasteiger partial charge is 0.188 e. The summed E-state index contributed by atoms with van der Waals surface area (Å²) in [6, 6.07) is 5.69. The molecule has 1 saturated heterocycles. The molecule has 148 valence electrons. The summed E-state index contributed by atoms with van der Waals surface area (Å²) in [4.78, 5) is 6.89. The molecule has 1 aromatic carbocycles. The van der Waals surface area contributed by atoms with E-state index < -0.39 is 0 Å². The first-order valence-electron chi connectivity index (χ1n) is 8.68. The van der Waals surface area contributed by atoms with Crippen LogP contribution in [0.15, 0.2) is 23.2 Å². The highest BCUT2D eigenvalue weighted by Crippen LogP contribution is 2.30. The number of ether oxygens (including phenoxy) is 1. The monoisotopic (exact) mass is 514 g/mol. The van der Waals surface area contributed by atoms with Crippen LogP contribution in [0, 0.1) is 0 Å². The van der Waals surface area contributed by atoms with E-state index in [1.807, 2.05) is 18.2 Å². The van der Waals surface area contributed by atoms with Crippen molar-refractivity contribution in [2.24, 2.45) is 10.7 Å². The van der Waals surface area contributed by atoms with Crippen LogP contribution in [-0.4, -0.2) is 56.8 Å². The number of rotatable bonds is 7. The number of morpholine rings is 1. The molecule has 2 rings (SSSR count). The quantitative estimate of drug-likeness (QED) is 0.253. The zero-order valence-corrected chi connectivity index (χ0v) is 19.3. The number of aliphatic imine (C=N–C) groups is 1. The van der Waals surface area contributed by atoms with E-state index in [4.69, 9.17) is 33.7 Å². The summed E-state index contributed by atoms with van der Waals surface area (Å²) in [6.07, 6.45) is 1.03. The highest BCUT2D eigenvalue weighted by Gasteiger charge is 2.21. The van der Waals surface area contributed by atoms with E-state index in [1.54, 1.807) is 0 Å². The highest BCUT2D eigenvalue weighted by molar-refractivity contribution is 14.0. The van der Waals surface area contributed by atoms with Gasteiger partial charge in [-0.05, 0) is 30.7 Å². The second-order valence-electron chi connectivity index (χ2n) is 6.95. The predicted molar refractivity (Wildman–Crippen MR) is 121 cm³/mol. The minimum Gasteiger partial charge on any atom is -0.379 e. The van der Waals surface area contributed by atoms with Crippen molar-refractivity contribution in [3.05, 3.63) is 33.8 Å². The van der Waals surface area contributed by atoms with Gasteiger partial charge in [-0.2, -0.15) is 0 Å². The molecule has 0 unspecified atom stereocenters. The lowest BCUT2D eigenvalue weighted by Gasteiger charge is -2.26. The van der Waals surface area contributed by atoms with Gasteiger partial charge in [0.15, 0.2) is 5.96 Å². The molecule has 26 heavy (non-hydrogen) atoms. The van der Waals surface area contributed by atoms with Gasteiger partial charge in [0, 0.05) is 25.0 Å². The summed E-state index contributed by atoms with van der Waals surface area (Å²) < 4.78 is 5.35. The van der Waals surface area contributed by atoms with Crippen LogP contribution in [0.5, 0.6) is 0 Å². The third-order valence-corrected chi connectivity index (χ3v) is 5.15. The first-order valence-corrected chi connectivity index (χ1v) is 9.43. The van der Waals surface area contributed by atoms with Gasteiger partial charge in [-0.15, -0.1) is 24.0 Å². The fraction of sp³-hybridized carbons (Fsp3) is 0.611. The van der Waals surface area contributed by atoms with Gasteiger partial charge in [-0.25, -0.2) is 0 Å². The van der Waals surface area contributed by atoms with Crippen LogP contribution in [0.2, 0.25) is 10.0 Å². The predicted octanol–water partition coefficient (Wildman–Crippen LogP) is 3.52. The number of hydrogen-bond acceptors (Lipinski definition) is 3. The lowest BCUT2D eigenvalue weighted by molar-refractivity contribution is 0.0376. The van der Waals surface area contributed by atoms with Gasteiger partial charge in [0.1, 0.15) is 0 Å². The van der Waals surface area contributed by atoms with Crippen molar-refractivity contribution in [3.63, 3.8) is 0 Å². The molecule has 0 amide bonds. The van der Waals surface area contributed by atoms with Crippen LogP contribution in [-0.2, 0) is 10.2 Å². The molecular formula is C18H29Cl2IN4O. The first kappa shape index (κ1) is 23.8. The van der Waals surface area contributed by atoms with Crippen LogP contribution in [0.25, 0.3) is 0 Å². The normalized spacial score (nSPS) is 16.2. The topological polar surface area (TPSA) is 62.9 Å². The van der Waals surface area contributed by atoms with Gasteiger partial charge in [-0.3, -0.25) is 9.89 Å². The van der Waals surface area contributed by atoms with E-state index in [0.717, 1.165) is 51.4 Å². The molecule has 0 saturated carbocycles. The second kappa shape index (κ2) is 11.5. The third-order valence-electron chi connectivity index (χ3n) is 4.41. The first-order chi connectivity index (χ1) is 11.9. The SMILES string of the molecule is CC(C)(CN=C(N)NCCCN1CCOCC1)c1ccc(Cl)c(Cl)c1.I. The molecule has 0 aliphatic carbocycles. The molecule has 1 aromatic rings. The second-order valence-corrected chi connectivity index (χ2v) is 7.76. The summed E-state index contributed by atoms with van der Waals surface area (Å²) in [6.45, 7) is 10.4. The average Bonchev–Trinajstić information content (AvgIpc) is 2.60. The molecule has 0 radical (unpaired) electrons. The van der Waals surface area contributed by atoms with Crippen molar-refractivity contribution in [2.45, 2.75) is 25.7 Å². The number of guanidine groups is 1. The fourth-order valence-corrected chi connectivity index (χ4v) is 2.99. The maximum atomic E-state index is 6.11. The molecule has 1 heterocycles. The van der Waals surface area contributed by atoms with E-state index in [1.165, 1.54) is 0 Å². The van der Waals surface area contributed by atoms with Gasteiger partial charge >= 0.3 is 0 Å². The molecule has 0 spiro atoms. The van der Waals surface area contributed by atoms with Crippen LogP contribution in [0.4, 0.5) is 0 Å².